The summed E-state index contributed by atoms with van der Waals surface area (Å²) in [5.41, 5.74) is 7.12. The number of anilines is 1. The van der Waals surface area contributed by atoms with E-state index in [1.165, 1.54) is 13.3 Å². The van der Waals surface area contributed by atoms with Gasteiger partial charge < -0.3 is 15.4 Å². The normalized spacial score (nSPS) is 17.2. The third-order valence-electron chi connectivity index (χ3n) is 4.42. The SMILES string of the molecule is COc1cnc(N2CCCC(N)C2)n(Cc2ccccc2C#N)c1=O. The molecule has 1 fully saturated rings. The van der Waals surface area contributed by atoms with Crippen molar-refractivity contribution < 1.29 is 4.74 Å². The summed E-state index contributed by atoms with van der Waals surface area (Å²) in [5, 5.41) is 9.31. The highest BCUT2D eigenvalue weighted by Gasteiger charge is 2.22. The summed E-state index contributed by atoms with van der Waals surface area (Å²) in [4.78, 5) is 19.3. The first-order chi connectivity index (χ1) is 12.1. The van der Waals surface area contributed by atoms with Crippen molar-refractivity contribution in [3.63, 3.8) is 0 Å². The van der Waals surface area contributed by atoms with Gasteiger partial charge in [-0.3, -0.25) is 9.36 Å². The minimum Gasteiger partial charge on any atom is -0.490 e. The van der Waals surface area contributed by atoms with Gasteiger partial charge in [-0.2, -0.15) is 5.26 Å². The van der Waals surface area contributed by atoms with Gasteiger partial charge in [-0.25, -0.2) is 4.98 Å². The molecule has 0 spiro atoms. The highest BCUT2D eigenvalue weighted by atomic mass is 16.5. The van der Waals surface area contributed by atoms with Gasteiger partial charge in [0.15, 0.2) is 0 Å². The Labute approximate surface area is 146 Å². The van der Waals surface area contributed by atoms with Crippen LogP contribution in [0.15, 0.2) is 35.3 Å². The number of rotatable bonds is 4. The van der Waals surface area contributed by atoms with Gasteiger partial charge in [0, 0.05) is 19.1 Å². The lowest BCUT2D eigenvalue weighted by molar-refractivity contribution is 0.399. The summed E-state index contributed by atoms with van der Waals surface area (Å²) >= 11 is 0. The molecule has 2 N–H and O–H groups in total. The Morgan fingerprint density at radius 1 is 1.44 bits per heavy atom. The molecule has 1 aliphatic rings. The van der Waals surface area contributed by atoms with Crippen LogP contribution >= 0.6 is 0 Å². The van der Waals surface area contributed by atoms with Crippen molar-refractivity contribution in [1.82, 2.24) is 9.55 Å². The molecular weight excluding hydrogens is 318 g/mol. The summed E-state index contributed by atoms with van der Waals surface area (Å²) < 4.78 is 6.70. The van der Waals surface area contributed by atoms with Gasteiger partial charge in [0.1, 0.15) is 0 Å². The van der Waals surface area contributed by atoms with Crippen molar-refractivity contribution in [3.05, 3.63) is 51.9 Å². The Morgan fingerprint density at radius 3 is 2.96 bits per heavy atom. The molecule has 1 atom stereocenters. The van der Waals surface area contributed by atoms with Gasteiger partial charge in [0.25, 0.3) is 5.56 Å². The highest BCUT2D eigenvalue weighted by Crippen LogP contribution is 2.19. The largest absolute Gasteiger partial charge is 0.490 e. The molecule has 1 unspecified atom stereocenters. The summed E-state index contributed by atoms with van der Waals surface area (Å²) in [6, 6.07) is 9.47. The predicted octanol–water partition coefficient (Wildman–Crippen LogP) is 1.10. The third kappa shape index (κ3) is 3.49. The highest BCUT2D eigenvalue weighted by molar-refractivity contribution is 5.40. The first-order valence-electron chi connectivity index (χ1n) is 8.26. The van der Waals surface area contributed by atoms with E-state index in [-0.39, 0.29) is 23.9 Å². The molecule has 2 aromatic rings. The molecule has 1 aliphatic heterocycles. The van der Waals surface area contributed by atoms with Crippen molar-refractivity contribution in [2.45, 2.75) is 25.4 Å². The second-order valence-corrected chi connectivity index (χ2v) is 6.14. The van der Waals surface area contributed by atoms with E-state index in [0.29, 0.717) is 18.1 Å². The van der Waals surface area contributed by atoms with Gasteiger partial charge in [0.2, 0.25) is 11.7 Å². The van der Waals surface area contributed by atoms with E-state index in [1.807, 2.05) is 17.0 Å². The number of methoxy groups -OCH3 is 1. The van der Waals surface area contributed by atoms with Crippen molar-refractivity contribution in [2.24, 2.45) is 5.73 Å². The van der Waals surface area contributed by atoms with E-state index in [9.17, 15) is 10.1 Å². The van der Waals surface area contributed by atoms with Crippen LogP contribution in [-0.2, 0) is 6.54 Å². The summed E-state index contributed by atoms with van der Waals surface area (Å²) in [6.45, 7) is 1.71. The summed E-state index contributed by atoms with van der Waals surface area (Å²) in [6.07, 6.45) is 3.37. The number of hydrogen-bond donors (Lipinski definition) is 1. The van der Waals surface area contributed by atoms with Gasteiger partial charge in [-0.1, -0.05) is 18.2 Å². The van der Waals surface area contributed by atoms with E-state index < -0.39 is 0 Å². The number of piperidine rings is 1. The van der Waals surface area contributed by atoms with Crippen LogP contribution < -0.4 is 20.9 Å². The minimum absolute atomic E-state index is 0.0626. The van der Waals surface area contributed by atoms with Crippen LogP contribution in [0.4, 0.5) is 5.95 Å². The Bertz CT molecular complexity index is 855. The Hall–Kier alpha value is -2.85. The van der Waals surface area contributed by atoms with Gasteiger partial charge in [-0.15, -0.1) is 0 Å². The Morgan fingerprint density at radius 2 is 2.24 bits per heavy atom. The number of ether oxygens (including phenoxy) is 1. The zero-order valence-electron chi connectivity index (χ0n) is 14.2. The second-order valence-electron chi connectivity index (χ2n) is 6.14. The standard InChI is InChI=1S/C18H21N5O2/c1-25-16-10-21-18(22-8-4-7-15(20)12-22)23(17(16)24)11-14-6-3-2-5-13(14)9-19/h2-3,5-6,10,15H,4,7-8,11-12,20H2,1H3. The van der Waals surface area contributed by atoms with E-state index in [2.05, 4.69) is 11.1 Å². The number of nitrogens with two attached hydrogens (primary N) is 1. The zero-order chi connectivity index (χ0) is 17.8. The van der Waals surface area contributed by atoms with E-state index in [0.717, 1.165) is 24.9 Å². The molecule has 0 saturated carbocycles. The van der Waals surface area contributed by atoms with E-state index in [4.69, 9.17) is 10.5 Å². The molecule has 2 heterocycles. The van der Waals surface area contributed by atoms with Crippen LogP contribution in [0.1, 0.15) is 24.0 Å². The first kappa shape index (κ1) is 17.0. The van der Waals surface area contributed by atoms with E-state index >= 15 is 0 Å². The first-order valence-corrected chi connectivity index (χ1v) is 8.26. The number of hydrogen-bond acceptors (Lipinski definition) is 6. The van der Waals surface area contributed by atoms with Crippen LogP contribution in [0.5, 0.6) is 5.75 Å². The topological polar surface area (TPSA) is 97.2 Å². The maximum Gasteiger partial charge on any atom is 0.297 e. The van der Waals surface area contributed by atoms with E-state index in [1.54, 1.807) is 16.7 Å². The maximum absolute atomic E-state index is 12.8. The molecule has 1 aromatic heterocycles. The van der Waals surface area contributed by atoms with Crippen LogP contribution in [-0.4, -0.2) is 35.8 Å². The number of nitriles is 1. The maximum atomic E-state index is 12.8. The molecule has 7 heteroatoms. The average Bonchev–Trinajstić information content (AvgIpc) is 2.63. The second kappa shape index (κ2) is 7.36. The molecule has 1 saturated heterocycles. The molecule has 7 nitrogen and oxygen atoms in total. The zero-order valence-corrected chi connectivity index (χ0v) is 14.2. The quantitative estimate of drug-likeness (QED) is 0.896. The molecule has 130 valence electrons. The fourth-order valence-electron chi connectivity index (χ4n) is 3.13. The molecule has 0 aliphatic carbocycles. The fraction of sp³-hybridized carbons (Fsp3) is 0.389. The predicted molar refractivity (Wildman–Crippen MR) is 94.7 cm³/mol. The number of nitrogens with zero attached hydrogens (tertiary/aromatic N) is 4. The minimum atomic E-state index is -0.264. The van der Waals surface area contributed by atoms with Crippen molar-refractivity contribution in [3.8, 4) is 11.8 Å². The lowest BCUT2D eigenvalue weighted by Crippen LogP contribution is -2.45. The van der Waals surface area contributed by atoms with Gasteiger partial charge in [0.05, 0.1) is 31.5 Å². The van der Waals surface area contributed by atoms with Crippen molar-refractivity contribution >= 4 is 5.95 Å². The Kier molecular flexibility index (Phi) is 5.00. The van der Waals surface area contributed by atoms with Crippen molar-refractivity contribution in [1.29, 1.82) is 5.26 Å². The van der Waals surface area contributed by atoms with Crippen LogP contribution in [0.2, 0.25) is 0 Å². The molecule has 1 aromatic carbocycles. The van der Waals surface area contributed by atoms with Gasteiger partial charge in [-0.05, 0) is 24.5 Å². The third-order valence-corrected chi connectivity index (χ3v) is 4.42. The molecule has 0 radical (unpaired) electrons. The Balaban J connectivity index is 2.06. The number of benzene rings is 1. The number of aromatic nitrogens is 2. The average molecular weight is 339 g/mol. The van der Waals surface area contributed by atoms with Crippen LogP contribution in [0.25, 0.3) is 0 Å². The molecular formula is C18H21N5O2. The summed E-state index contributed by atoms with van der Waals surface area (Å²) in [5.74, 6) is 0.744. The molecule has 3 rings (SSSR count). The lowest BCUT2D eigenvalue weighted by atomic mass is 10.1. The lowest BCUT2D eigenvalue weighted by Gasteiger charge is -2.33. The van der Waals surface area contributed by atoms with Crippen LogP contribution in [0, 0.1) is 11.3 Å². The smallest absolute Gasteiger partial charge is 0.297 e. The fourth-order valence-corrected chi connectivity index (χ4v) is 3.13. The summed E-state index contributed by atoms with van der Waals surface area (Å²) in [7, 11) is 1.45. The van der Waals surface area contributed by atoms with Crippen LogP contribution in [0.3, 0.4) is 0 Å². The van der Waals surface area contributed by atoms with Crippen molar-refractivity contribution in [2.75, 3.05) is 25.1 Å². The molecule has 25 heavy (non-hydrogen) atoms. The monoisotopic (exact) mass is 339 g/mol. The molecule has 0 amide bonds. The van der Waals surface area contributed by atoms with Gasteiger partial charge >= 0.3 is 0 Å². The molecule has 0 bridgehead atoms.